The Kier molecular flexibility index (Phi) is 4.84. The molecule has 1 atom stereocenters. The SMILES string of the molecule is CC(C)[C@@H]1N=C(C2CCCCC2)c2cc(Cl)ccc2NC1=S. The zero-order valence-corrected chi connectivity index (χ0v) is 14.8. The predicted octanol–water partition coefficient (Wildman–Crippen LogP) is 5.49. The smallest absolute Gasteiger partial charge is 0.105 e. The number of nitrogens with one attached hydrogen (secondary N) is 1. The number of fused-ring (bicyclic) bond motifs is 1. The summed E-state index contributed by atoms with van der Waals surface area (Å²) in [6, 6.07) is 6.05. The molecule has 1 saturated carbocycles. The minimum absolute atomic E-state index is 0.0538. The number of aliphatic imine (C=N–C) groups is 1. The second-order valence-electron chi connectivity index (χ2n) is 6.72. The molecule has 0 radical (unpaired) electrons. The van der Waals surface area contributed by atoms with E-state index < -0.39 is 0 Å². The maximum absolute atomic E-state index is 6.25. The van der Waals surface area contributed by atoms with Crippen molar-refractivity contribution >= 4 is 40.2 Å². The molecule has 0 saturated heterocycles. The first-order valence-corrected chi connectivity index (χ1v) is 9.03. The number of nitrogens with zero attached hydrogens (tertiary/aromatic N) is 1. The summed E-state index contributed by atoms with van der Waals surface area (Å²) in [6.45, 7) is 4.37. The Balaban J connectivity index is 2.09. The number of benzodiazepines with no additional fused rings is 1. The summed E-state index contributed by atoms with van der Waals surface area (Å²) in [6.07, 6.45) is 6.38. The second-order valence-corrected chi connectivity index (χ2v) is 7.59. The Bertz CT molecular complexity index is 603. The second kappa shape index (κ2) is 6.67. The molecule has 0 bridgehead atoms. The number of rotatable bonds is 2. The van der Waals surface area contributed by atoms with E-state index in [0.717, 1.165) is 21.3 Å². The predicted molar refractivity (Wildman–Crippen MR) is 99.4 cm³/mol. The van der Waals surface area contributed by atoms with Gasteiger partial charge in [0.25, 0.3) is 0 Å². The van der Waals surface area contributed by atoms with Crippen LogP contribution in [-0.4, -0.2) is 16.7 Å². The van der Waals surface area contributed by atoms with Crippen LogP contribution in [0.3, 0.4) is 0 Å². The zero-order chi connectivity index (χ0) is 15.7. The number of thiocarbonyl (C=S) groups is 1. The van der Waals surface area contributed by atoms with Gasteiger partial charge in [-0.2, -0.15) is 0 Å². The molecule has 2 aliphatic rings. The molecule has 1 heterocycles. The molecule has 22 heavy (non-hydrogen) atoms. The lowest BCUT2D eigenvalue weighted by atomic mass is 9.82. The fraction of sp³-hybridized carbons (Fsp3) is 0.556. The lowest BCUT2D eigenvalue weighted by Crippen LogP contribution is -2.29. The van der Waals surface area contributed by atoms with Gasteiger partial charge in [-0.1, -0.05) is 56.9 Å². The summed E-state index contributed by atoms with van der Waals surface area (Å²) in [7, 11) is 0. The highest BCUT2D eigenvalue weighted by Gasteiger charge is 2.29. The number of hydrogen-bond acceptors (Lipinski definition) is 2. The summed E-state index contributed by atoms with van der Waals surface area (Å²) >= 11 is 11.9. The first-order valence-electron chi connectivity index (χ1n) is 8.24. The van der Waals surface area contributed by atoms with E-state index >= 15 is 0 Å². The van der Waals surface area contributed by atoms with Crippen LogP contribution >= 0.6 is 23.8 Å². The van der Waals surface area contributed by atoms with Crippen LogP contribution in [0.1, 0.15) is 51.5 Å². The van der Waals surface area contributed by atoms with Gasteiger partial charge in [0.15, 0.2) is 0 Å². The van der Waals surface area contributed by atoms with Gasteiger partial charge in [0, 0.05) is 27.9 Å². The molecular formula is C18H23ClN2S. The van der Waals surface area contributed by atoms with Crippen LogP contribution < -0.4 is 5.32 Å². The molecule has 2 nitrogen and oxygen atoms in total. The van der Waals surface area contributed by atoms with Gasteiger partial charge >= 0.3 is 0 Å². The van der Waals surface area contributed by atoms with Gasteiger partial charge in [-0.25, -0.2) is 0 Å². The minimum atomic E-state index is 0.0538. The standard InChI is InChI=1S/C18H23ClN2S/c1-11(2)16-18(22)20-15-9-8-13(19)10-14(15)17(21-16)12-6-4-3-5-7-12/h8-12,16H,3-7H2,1-2H3,(H,20,22)/t16-/m0/s1. The Labute approximate surface area is 143 Å². The first kappa shape index (κ1) is 15.9. The maximum Gasteiger partial charge on any atom is 0.105 e. The van der Waals surface area contributed by atoms with Gasteiger partial charge in [-0.3, -0.25) is 4.99 Å². The molecule has 118 valence electrons. The molecule has 0 unspecified atom stereocenters. The molecule has 0 spiro atoms. The van der Waals surface area contributed by atoms with E-state index in [-0.39, 0.29) is 6.04 Å². The Hall–Kier alpha value is -0.930. The van der Waals surface area contributed by atoms with Crippen LogP contribution in [0.5, 0.6) is 0 Å². The maximum atomic E-state index is 6.25. The molecule has 0 aromatic heterocycles. The van der Waals surface area contributed by atoms with Gasteiger partial charge in [-0.05, 0) is 37.0 Å². The average Bonchev–Trinajstić information content (AvgIpc) is 2.64. The summed E-state index contributed by atoms with van der Waals surface area (Å²) in [4.78, 5) is 5.94. The summed E-state index contributed by atoms with van der Waals surface area (Å²) in [5.41, 5.74) is 3.41. The van der Waals surface area contributed by atoms with Crippen molar-refractivity contribution in [2.75, 3.05) is 5.32 Å². The van der Waals surface area contributed by atoms with Crippen molar-refractivity contribution in [3.63, 3.8) is 0 Å². The third-order valence-electron chi connectivity index (χ3n) is 4.69. The Morgan fingerprint density at radius 1 is 1.23 bits per heavy atom. The van der Waals surface area contributed by atoms with Crippen molar-refractivity contribution in [1.29, 1.82) is 0 Å². The number of halogens is 1. The van der Waals surface area contributed by atoms with E-state index in [2.05, 4.69) is 19.2 Å². The van der Waals surface area contributed by atoms with E-state index in [1.165, 1.54) is 37.8 Å². The molecule has 1 aromatic rings. The molecule has 1 N–H and O–H groups in total. The third-order valence-corrected chi connectivity index (χ3v) is 5.26. The van der Waals surface area contributed by atoms with Crippen LogP contribution in [0.4, 0.5) is 5.69 Å². The lowest BCUT2D eigenvalue weighted by molar-refractivity contribution is 0.437. The van der Waals surface area contributed by atoms with Crippen LogP contribution in [0.15, 0.2) is 23.2 Å². The molecule has 0 amide bonds. The summed E-state index contributed by atoms with van der Waals surface area (Å²) in [5.74, 6) is 0.929. The van der Waals surface area contributed by atoms with Crippen molar-refractivity contribution in [3.8, 4) is 0 Å². The molecular weight excluding hydrogens is 312 g/mol. The van der Waals surface area contributed by atoms with Crippen molar-refractivity contribution in [2.24, 2.45) is 16.8 Å². The normalized spacial score (nSPS) is 22.8. The lowest BCUT2D eigenvalue weighted by Gasteiger charge is -2.25. The zero-order valence-electron chi connectivity index (χ0n) is 13.2. The summed E-state index contributed by atoms with van der Waals surface area (Å²) in [5, 5.41) is 4.17. The highest BCUT2D eigenvalue weighted by molar-refractivity contribution is 7.80. The highest BCUT2D eigenvalue weighted by atomic mass is 35.5. The monoisotopic (exact) mass is 334 g/mol. The third kappa shape index (κ3) is 3.21. The summed E-state index contributed by atoms with van der Waals surface area (Å²) < 4.78 is 0. The molecule has 1 aromatic carbocycles. The largest absolute Gasteiger partial charge is 0.348 e. The van der Waals surface area contributed by atoms with Gasteiger partial charge in [0.05, 0.1) is 0 Å². The van der Waals surface area contributed by atoms with Crippen molar-refractivity contribution < 1.29 is 0 Å². The molecule has 4 heteroatoms. The molecule has 1 aliphatic heterocycles. The molecule has 1 aliphatic carbocycles. The van der Waals surface area contributed by atoms with Gasteiger partial charge in [0.2, 0.25) is 0 Å². The van der Waals surface area contributed by atoms with Crippen LogP contribution in [0.25, 0.3) is 0 Å². The number of anilines is 1. The highest BCUT2D eigenvalue weighted by Crippen LogP contribution is 2.34. The van der Waals surface area contributed by atoms with Gasteiger partial charge < -0.3 is 5.32 Å². The Morgan fingerprint density at radius 3 is 2.64 bits per heavy atom. The fourth-order valence-electron chi connectivity index (χ4n) is 3.48. The van der Waals surface area contributed by atoms with Crippen molar-refractivity contribution in [1.82, 2.24) is 0 Å². The minimum Gasteiger partial charge on any atom is -0.348 e. The van der Waals surface area contributed by atoms with Gasteiger partial charge in [-0.15, -0.1) is 0 Å². The Morgan fingerprint density at radius 2 is 1.95 bits per heavy atom. The first-order chi connectivity index (χ1) is 10.6. The molecule has 1 fully saturated rings. The van der Waals surface area contributed by atoms with Crippen LogP contribution in [0, 0.1) is 11.8 Å². The van der Waals surface area contributed by atoms with E-state index in [0.29, 0.717) is 11.8 Å². The number of benzene rings is 1. The average molecular weight is 335 g/mol. The van der Waals surface area contributed by atoms with E-state index in [1.807, 2.05) is 18.2 Å². The number of hydrogen-bond donors (Lipinski definition) is 1. The van der Waals surface area contributed by atoms with Crippen molar-refractivity contribution in [3.05, 3.63) is 28.8 Å². The topological polar surface area (TPSA) is 24.4 Å². The van der Waals surface area contributed by atoms with E-state index in [9.17, 15) is 0 Å². The quantitative estimate of drug-likeness (QED) is 0.723. The molecule has 3 rings (SSSR count). The van der Waals surface area contributed by atoms with Crippen LogP contribution in [-0.2, 0) is 0 Å². The fourth-order valence-corrected chi connectivity index (χ4v) is 4.08. The van der Waals surface area contributed by atoms with Crippen LogP contribution in [0.2, 0.25) is 5.02 Å². The van der Waals surface area contributed by atoms with Crippen molar-refractivity contribution in [2.45, 2.75) is 52.0 Å². The van der Waals surface area contributed by atoms with Gasteiger partial charge in [0.1, 0.15) is 11.0 Å². The van der Waals surface area contributed by atoms with E-state index in [1.54, 1.807) is 0 Å². The van der Waals surface area contributed by atoms with E-state index in [4.69, 9.17) is 28.8 Å².